The quantitative estimate of drug-likeness (QED) is 0.516. The number of aldehydes is 1. The maximum absolute atomic E-state index is 13.2. The van der Waals surface area contributed by atoms with Crippen molar-refractivity contribution in [1.29, 1.82) is 0 Å². The molecule has 0 fully saturated rings. The fraction of sp³-hybridized carbons (Fsp3) is 0.200. The van der Waals surface area contributed by atoms with Crippen molar-refractivity contribution in [2.45, 2.75) is 18.1 Å². The number of pyridine rings is 1. The first-order chi connectivity index (χ1) is 10.8. The summed E-state index contributed by atoms with van der Waals surface area (Å²) in [7, 11) is -3.80. The second kappa shape index (κ2) is 5.71. The van der Waals surface area contributed by atoms with Gasteiger partial charge in [-0.1, -0.05) is 11.6 Å². The zero-order valence-corrected chi connectivity index (χ0v) is 15.8. The largest absolute Gasteiger partial charge is 0.298 e. The van der Waals surface area contributed by atoms with Crippen molar-refractivity contribution in [1.82, 2.24) is 8.96 Å². The lowest BCUT2D eigenvalue weighted by molar-refractivity contribution is 0.112. The Kier molecular flexibility index (Phi) is 4.14. The van der Waals surface area contributed by atoms with E-state index in [9.17, 15) is 13.2 Å². The molecule has 0 bridgehead atoms. The molecular formula is C15H12ClIN2O3S. The van der Waals surface area contributed by atoms with Gasteiger partial charge in [0.1, 0.15) is 4.75 Å². The smallest absolute Gasteiger partial charge is 0.249 e. The fourth-order valence-corrected chi connectivity index (χ4v) is 6.31. The lowest BCUT2D eigenvalue weighted by atomic mass is 10.0. The van der Waals surface area contributed by atoms with Crippen LogP contribution in [0.2, 0.25) is 0 Å². The SMILES string of the molecule is CC1(S(=O)(=O)n2ccc3c(C=O)ccnc32)C=C(Cl)C=C(I)C1. The molecule has 0 spiro atoms. The van der Waals surface area contributed by atoms with Gasteiger partial charge in [-0.05, 0) is 57.4 Å². The fourth-order valence-electron chi connectivity index (χ4n) is 2.64. The van der Waals surface area contributed by atoms with Gasteiger partial charge in [0, 0.05) is 34.8 Å². The first-order valence-electron chi connectivity index (χ1n) is 6.69. The van der Waals surface area contributed by atoms with Gasteiger partial charge in [0.2, 0.25) is 10.0 Å². The monoisotopic (exact) mass is 462 g/mol. The summed E-state index contributed by atoms with van der Waals surface area (Å²) in [6, 6.07) is 3.14. The highest BCUT2D eigenvalue weighted by molar-refractivity contribution is 14.1. The Labute approximate surface area is 152 Å². The molecule has 2 aromatic rings. The summed E-state index contributed by atoms with van der Waals surface area (Å²) in [5, 5.41) is 0.899. The van der Waals surface area contributed by atoms with Gasteiger partial charge in [-0.15, -0.1) is 0 Å². The molecule has 2 aromatic heterocycles. The molecule has 8 heteroatoms. The Bertz CT molecular complexity index is 978. The van der Waals surface area contributed by atoms with Gasteiger partial charge >= 0.3 is 0 Å². The van der Waals surface area contributed by atoms with Gasteiger partial charge in [-0.2, -0.15) is 0 Å². The van der Waals surface area contributed by atoms with E-state index in [-0.39, 0.29) is 5.65 Å². The zero-order chi connectivity index (χ0) is 16.8. The Hall–Kier alpha value is -1.19. The second-order valence-electron chi connectivity index (χ2n) is 5.48. The van der Waals surface area contributed by atoms with Crippen LogP contribution in [0.5, 0.6) is 0 Å². The Morgan fingerprint density at radius 1 is 1.43 bits per heavy atom. The normalized spacial score (nSPS) is 21.9. The summed E-state index contributed by atoms with van der Waals surface area (Å²) in [5.74, 6) is 0. The Balaban J connectivity index is 2.22. The maximum atomic E-state index is 13.2. The summed E-state index contributed by atoms with van der Waals surface area (Å²) >= 11 is 8.16. The summed E-state index contributed by atoms with van der Waals surface area (Å²) in [4.78, 5) is 15.2. The van der Waals surface area contributed by atoms with Crippen molar-refractivity contribution in [3.05, 3.63) is 50.9 Å². The molecule has 0 amide bonds. The molecule has 5 nitrogen and oxygen atoms in total. The molecule has 0 N–H and O–H groups in total. The number of allylic oxidation sites excluding steroid dienone is 3. The van der Waals surface area contributed by atoms with Crippen LogP contribution >= 0.6 is 34.2 Å². The van der Waals surface area contributed by atoms with E-state index in [4.69, 9.17) is 11.6 Å². The number of rotatable bonds is 3. The lowest BCUT2D eigenvalue weighted by Gasteiger charge is -2.29. The molecule has 1 aliphatic carbocycles. The Morgan fingerprint density at radius 2 is 2.17 bits per heavy atom. The number of hydrogen-bond donors (Lipinski definition) is 0. The van der Waals surface area contributed by atoms with E-state index >= 15 is 0 Å². The minimum absolute atomic E-state index is 0.241. The third kappa shape index (κ3) is 2.64. The van der Waals surface area contributed by atoms with E-state index < -0.39 is 14.8 Å². The summed E-state index contributed by atoms with van der Waals surface area (Å²) in [5.41, 5.74) is 0.644. The van der Waals surface area contributed by atoms with Crippen molar-refractivity contribution in [3.8, 4) is 0 Å². The van der Waals surface area contributed by atoms with E-state index in [0.717, 1.165) is 7.55 Å². The number of hydrogen-bond acceptors (Lipinski definition) is 4. The summed E-state index contributed by atoms with van der Waals surface area (Å²) < 4.78 is 27.2. The number of nitrogens with zero attached hydrogens (tertiary/aromatic N) is 2. The van der Waals surface area contributed by atoms with E-state index in [0.29, 0.717) is 28.7 Å². The van der Waals surface area contributed by atoms with Crippen LogP contribution in [-0.2, 0) is 10.0 Å². The van der Waals surface area contributed by atoms with Crippen molar-refractivity contribution >= 4 is 61.5 Å². The van der Waals surface area contributed by atoms with E-state index in [1.165, 1.54) is 12.4 Å². The van der Waals surface area contributed by atoms with Crippen LogP contribution in [0.1, 0.15) is 23.7 Å². The van der Waals surface area contributed by atoms with Crippen molar-refractivity contribution < 1.29 is 13.2 Å². The topological polar surface area (TPSA) is 69.0 Å². The summed E-state index contributed by atoms with van der Waals surface area (Å²) in [6.45, 7) is 1.63. The molecule has 0 saturated heterocycles. The van der Waals surface area contributed by atoms with Gasteiger partial charge in [0.15, 0.2) is 11.9 Å². The lowest BCUT2D eigenvalue weighted by Crippen LogP contribution is -2.38. The van der Waals surface area contributed by atoms with E-state index in [1.807, 2.05) is 0 Å². The summed E-state index contributed by atoms with van der Waals surface area (Å²) in [6.07, 6.45) is 7.16. The van der Waals surface area contributed by atoms with Crippen LogP contribution in [0.3, 0.4) is 0 Å². The van der Waals surface area contributed by atoms with Crippen LogP contribution in [0.15, 0.2) is 45.3 Å². The van der Waals surface area contributed by atoms with Crippen LogP contribution < -0.4 is 0 Å². The van der Waals surface area contributed by atoms with E-state index in [1.54, 1.807) is 31.2 Å². The molecule has 1 unspecified atom stereocenters. The molecule has 120 valence electrons. The molecule has 0 aromatic carbocycles. The average Bonchev–Trinajstić information content (AvgIpc) is 2.89. The third-order valence-electron chi connectivity index (χ3n) is 3.82. The number of aromatic nitrogens is 2. The minimum Gasteiger partial charge on any atom is -0.298 e. The molecule has 0 saturated carbocycles. The molecule has 0 aliphatic heterocycles. The molecule has 1 aliphatic rings. The van der Waals surface area contributed by atoms with Crippen molar-refractivity contribution in [2.75, 3.05) is 0 Å². The van der Waals surface area contributed by atoms with Crippen LogP contribution in [-0.4, -0.2) is 28.4 Å². The van der Waals surface area contributed by atoms with E-state index in [2.05, 4.69) is 27.6 Å². The number of carbonyl (C=O) groups is 1. The van der Waals surface area contributed by atoms with Gasteiger partial charge in [-0.3, -0.25) is 4.79 Å². The highest BCUT2D eigenvalue weighted by atomic mass is 127. The standard InChI is InChI=1S/C15H12ClIN2O3S/c1-15(7-11(16)6-12(17)8-15)23(21,22)19-5-3-13-10(9-20)2-4-18-14(13)19/h2-7,9H,8H2,1H3. The minimum atomic E-state index is -3.80. The van der Waals surface area contributed by atoms with Crippen molar-refractivity contribution in [2.24, 2.45) is 0 Å². The molecule has 1 atom stereocenters. The molecule has 3 rings (SSSR count). The average molecular weight is 463 g/mol. The van der Waals surface area contributed by atoms with Crippen molar-refractivity contribution in [3.63, 3.8) is 0 Å². The molecular weight excluding hydrogens is 451 g/mol. The van der Waals surface area contributed by atoms with Crippen LogP contribution in [0.25, 0.3) is 11.0 Å². The highest BCUT2D eigenvalue weighted by Crippen LogP contribution is 2.38. The predicted octanol–water partition coefficient (Wildman–Crippen LogP) is 3.63. The molecule has 23 heavy (non-hydrogen) atoms. The first-order valence-corrected chi connectivity index (χ1v) is 9.59. The number of fused-ring (bicyclic) bond motifs is 1. The van der Waals surface area contributed by atoms with Crippen LogP contribution in [0, 0.1) is 0 Å². The zero-order valence-electron chi connectivity index (χ0n) is 12.0. The molecule has 2 heterocycles. The van der Waals surface area contributed by atoms with Gasteiger partial charge < -0.3 is 0 Å². The predicted molar refractivity (Wildman–Crippen MR) is 98.5 cm³/mol. The third-order valence-corrected chi connectivity index (χ3v) is 6.99. The number of carbonyl (C=O) groups excluding carboxylic acids is 1. The maximum Gasteiger partial charge on any atom is 0.249 e. The highest BCUT2D eigenvalue weighted by Gasteiger charge is 2.41. The van der Waals surface area contributed by atoms with Crippen LogP contribution in [0.4, 0.5) is 0 Å². The number of halogens is 2. The molecule has 0 radical (unpaired) electrons. The second-order valence-corrected chi connectivity index (χ2v) is 9.58. The van der Waals surface area contributed by atoms with Gasteiger partial charge in [0.25, 0.3) is 0 Å². The first kappa shape index (κ1) is 16.7. The van der Waals surface area contributed by atoms with Gasteiger partial charge in [-0.25, -0.2) is 17.4 Å². The Morgan fingerprint density at radius 3 is 2.83 bits per heavy atom. The van der Waals surface area contributed by atoms with Gasteiger partial charge in [0.05, 0.1) is 0 Å².